The second-order valence-electron chi connectivity index (χ2n) is 9.36. The van der Waals surface area contributed by atoms with Gasteiger partial charge in [-0.1, -0.05) is 13.0 Å². The number of alkyl halides is 3. The minimum atomic E-state index is -4.32. The molecular formula is C22H30F3NO2. The van der Waals surface area contributed by atoms with Crippen LogP contribution in [0.2, 0.25) is 0 Å². The molecule has 0 spiro atoms. The number of benzene rings is 1. The molecule has 1 heterocycles. The molecule has 3 rings (SSSR count). The smallest absolute Gasteiger partial charge is 0.416 e. The number of piperidine rings is 1. The molecule has 1 aliphatic heterocycles. The highest BCUT2D eigenvalue weighted by Crippen LogP contribution is 2.46. The van der Waals surface area contributed by atoms with Gasteiger partial charge in [-0.25, -0.2) is 4.79 Å². The number of hydrogen-bond acceptors (Lipinski definition) is 2. The van der Waals surface area contributed by atoms with Gasteiger partial charge in [0, 0.05) is 13.1 Å². The molecule has 1 saturated carbocycles. The van der Waals surface area contributed by atoms with Crippen molar-refractivity contribution in [2.75, 3.05) is 13.1 Å². The van der Waals surface area contributed by atoms with Crippen LogP contribution in [-0.4, -0.2) is 29.7 Å². The number of carbonyl (C=O) groups is 1. The Morgan fingerprint density at radius 3 is 2.14 bits per heavy atom. The van der Waals surface area contributed by atoms with Gasteiger partial charge >= 0.3 is 12.3 Å². The first kappa shape index (κ1) is 21.0. The molecule has 0 aromatic heterocycles. The number of carbonyl (C=O) groups excluding carboxylic acids is 1. The fourth-order valence-electron chi connectivity index (χ4n) is 4.33. The number of likely N-dealkylation sites (tertiary alicyclic amines) is 1. The molecule has 1 aromatic rings. The summed E-state index contributed by atoms with van der Waals surface area (Å²) >= 11 is 0. The van der Waals surface area contributed by atoms with Crippen molar-refractivity contribution in [2.45, 2.75) is 77.0 Å². The quantitative estimate of drug-likeness (QED) is 0.583. The molecule has 6 heteroatoms. The molecule has 2 aliphatic rings. The Hall–Kier alpha value is -1.72. The summed E-state index contributed by atoms with van der Waals surface area (Å²) in [5, 5.41) is 0. The van der Waals surface area contributed by atoms with Gasteiger partial charge < -0.3 is 9.64 Å². The molecule has 2 fully saturated rings. The minimum absolute atomic E-state index is 0.187. The molecule has 156 valence electrons. The summed E-state index contributed by atoms with van der Waals surface area (Å²) < 4.78 is 45.1. The number of ether oxygens (including phenoxy) is 1. The molecular weight excluding hydrogens is 367 g/mol. The summed E-state index contributed by atoms with van der Waals surface area (Å²) in [5.41, 5.74) is 0.810. The van der Waals surface area contributed by atoms with E-state index in [-0.39, 0.29) is 17.9 Å². The lowest BCUT2D eigenvalue weighted by atomic mass is 9.69. The van der Waals surface area contributed by atoms with Crippen LogP contribution in [0.1, 0.15) is 81.9 Å². The second kappa shape index (κ2) is 7.60. The standard InChI is InChI=1S/C22H30F3NO2/c1-14-11-16(12-14)19-13-17(22(23,24)25)5-6-18(19)15-7-9-26(10-8-15)20(27)28-21(2,3)4/h5-6,13-16H,7-12H2,1-4H3/t14-,16-. The second-order valence-corrected chi connectivity index (χ2v) is 9.36. The zero-order valence-corrected chi connectivity index (χ0v) is 17.1. The lowest BCUT2D eigenvalue weighted by Crippen LogP contribution is -2.41. The van der Waals surface area contributed by atoms with Crippen molar-refractivity contribution in [3.8, 4) is 0 Å². The van der Waals surface area contributed by atoms with Crippen LogP contribution in [0, 0.1) is 5.92 Å². The first-order valence-corrected chi connectivity index (χ1v) is 10.1. The number of hydrogen-bond donors (Lipinski definition) is 0. The van der Waals surface area contributed by atoms with E-state index in [0.717, 1.165) is 36.8 Å². The molecule has 0 unspecified atom stereocenters. The van der Waals surface area contributed by atoms with Gasteiger partial charge in [-0.2, -0.15) is 13.2 Å². The predicted molar refractivity (Wildman–Crippen MR) is 102 cm³/mol. The monoisotopic (exact) mass is 397 g/mol. The van der Waals surface area contributed by atoms with E-state index in [2.05, 4.69) is 6.92 Å². The maximum atomic E-state index is 13.2. The maximum absolute atomic E-state index is 13.2. The van der Waals surface area contributed by atoms with Gasteiger partial charge in [-0.3, -0.25) is 0 Å². The molecule has 1 aromatic carbocycles. The van der Waals surface area contributed by atoms with E-state index < -0.39 is 17.3 Å². The Morgan fingerprint density at radius 2 is 1.64 bits per heavy atom. The normalized spacial score (nSPS) is 24.0. The summed E-state index contributed by atoms with van der Waals surface area (Å²) in [6.07, 6.45) is -1.23. The van der Waals surface area contributed by atoms with E-state index in [1.54, 1.807) is 11.0 Å². The van der Waals surface area contributed by atoms with Crippen molar-refractivity contribution in [1.29, 1.82) is 0 Å². The Balaban J connectivity index is 1.74. The predicted octanol–water partition coefficient (Wildman–Crippen LogP) is 6.33. The van der Waals surface area contributed by atoms with Crippen molar-refractivity contribution in [3.05, 3.63) is 34.9 Å². The number of rotatable bonds is 2. The average Bonchev–Trinajstić information content (AvgIpc) is 2.56. The van der Waals surface area contributed by atoms with Crippen LogP contribution in [0.5, 0.6) is 0 Å². The van der Waals surface area contributed by atoms with Gasteiger partial charge in [0.05, 0.1) is 5.56 Å². The summed E-state index contributed by atoms with van der Waals surface area (Å²) in [7, 11) is 0. The van der Waals surface area contributed by atoms with Crippen LogP contribution in [0.25, 0.3) is 0 Å². The van der Waals surface area contributed by atoms with Crippen molar-refractivity contribution in [1.82, 2.24) is 4.90 Å². The van der Waals surface area contributed by atoms with Gasteiger partial charge in [-0.15, -0.1) is 0 Å². The van der Waals surface area contributed by atoms with Crippen LogP contribution in [0.3, 0.4) is 0 Å². The van der Waals surface area contributed by atoms with Crippen LogP contribution in [0.4, 0.5) is 18.0 Å². The highest BCUT2D eigenvalue weighted by atomic mass is 19.4. The van der Waals surface area contributed by atoms with Crippen molar-refractivity contribution in [3.63, 3.8) is 0 Å². The van der Waals surface area contributed by atoms with Crippen LogP contribution in [-0.2, 0) is 10.9 Å². The van der Waals surface area contributed by atoms with Gasteiger partial charge in [-0.05, 0) is 87.5 Å². The number of nitrogens with zero attached hydrogens (tertiary/aromatic N) is 1. The van der Waals surface area contributed by atoms with E-state index in [1.165, 1.54) is 12.1 Å². The molecule has 1 amide bonds. The van der Waals surface area contributed by atoms with Gasteiger partial charge in [0.1, 0.15) is 5.60 Å². The molecule has 28 heavy (non-hydrogen) atoms. The lowest BCUT2D eigenvalue weighted by molar-refractivity contribution is -0.137. The minimum Gasteiger partial charge on any atom is -0.444 e. The van der Waals surface area contributed by atoms with E-state index in [0.29, 0.717) is 19.0 Å². The molecule has 0 bridgehead atoms. The molecule has 3 nitrogen and oxygen atoms in total. The molecule has 0 atom stereocenters. The fraction of sp³-hybridized carbons (Fsp3) is 0.682. The largest absolute Gasteiger partial charge is 0.444 e. The fourth-order valence-corrected chi connectivity index (χ4v) is 4.33. The average molecular weight is 397 g/mol. The Labute approximate surface area is 165 Å². The van der Waals surface area contributed by atoms with Gasteiger partial charge in [0.2, 0.25) is 0 Å². The number of amides is 1. The lowest BCUT2D eigenvalue weighted by Gasteiger charge is -2.38. The van der Waals surface area contributed by atoms with Gasteiger partial charge in [0.15, 0.2) is 0 Å². The Bertz CT molecular complexity index is 709. The highest BCUT2D eigenvalue weighted by molar-refractivity contribution is 5.68. The molecule has 1 aliphatic carbocycles. The maximum Gasteiger partial charge on any atom is 0.416 e. The molecule has 1 saturated heterocycles. The summed E-state index contributed by atoms with van der Waals surface area (Å²) in [5.74, 6) is 0.976. The van der Waals surface area contributed by atoms with Crippen molar-refractivity contribution >= 4 is 6.09 Å². The highest BCUT2D eigenvalue weighted by Gasteiger charge is 2.36. The molecule has 0 radical (unpaired) electrons. The first-order valence-electron chi connectivity index (χ1n) is 10.1. The van der Waals surface area contributed by atoms with Crippen molar-refractivity contribution < 1.29 is 22.7 Å². The van der Waals surface area contributed by atoms with Crippen LogP contribution in [0.15, 0.2) is 18.2 Å². The third-order valence-corrected chi connectivity index (χ3v) is 5.81. The van der Waals surface area contributed by atoms with Crippen molar-refractivity contribution in [2.24, 2.45) is 5.92 Å². The summed E-state index contributed by atoms with van der Waals surface area (Å²) in [6.45, 7) is 8.80. The van der Waals surface area contributed by atoms with Gasteiger partial charge in [0.25, 0.3) is 0 Å². The van der Waals surface area contributed by atoms with Crippen LogP contribution < -0.4 is 0 Å². The number of halogens is 3. The Morgan fingerprint density at radius 1 is 1.04 bits per heavy atom. The topological polar surface area (TPSA) is 29.5 Å². The first-order chi connectivity index (χ1) is 12.9. The SMILES string of the molecule is CC(C)(C)OC(=O)N1CCC(c2ccc(C(F)(F)F)cc2[C@H]2C[C@H](C)C2)CC1. The summed E-state index contributed by atoms with van der Waals surface area (Å²) in [6, 6.07) is 4.25. The zero-order chi connectivity index (χ0) is 20.7. The summed E-state index contributed by atoms with van der Waals surface area (Å²) in [4.78, 5) is 14.0. The van der Waals surface area contributed by atoms with E-state index in [9.17, 15) is 18.0 Å². The van der Waals surface area contributed by atoms with E-state index in [4.69, 9.17) is 4.74 Å². The van der Waals surface area contributed by atoms with Crippen LogP contribution >= 0.6 is 0 Å². The third-order valence-electron chi connectivity index (χ3n) is 5.81. The van der Waals surface area contributed by atoms with E-state index >= 15 is 0 Å². The zero-order valence-electron chi connectivity index (χ0n) is 17.1. The van der Waals surface area contributed by atoms with E-state index in [1.807, 2.05) is 20.8 Å². The Kier molecular flexibility index (Phi) is 5.70. The third kappa shape index (κ3) is 4.81. The molecule has 0 N–H and O–H groups in total.